The summed E-state index contributed by atoms with van der Waals surface area (Å²) >= 11 is 0. The summed E-state index contributed by atoms with van der Waals surface area (Å²) in [5.41, 5.74) is 8.93. The van der Waals surface area contributed by atoms with E-state index in [4.69, 9.17) is 5.73 Å². The van der Waals surface area contributed by atoms with Crippen LogP contribution in [-0.2, 0) is 0 Å². The van der Waals surface area contributed by atoms with Crippen LogP contribution in [0.5, 0.6) is 0 Å². The van der Waals surface area contributed by atoms with Crippen molar-refractivity contribution in [2.24, 2.45) is 23.7 Å². The average Bonchev–Trinajstić information content (AvgIpc) is 2.85. The zero-order valence-electron chi connectivity index (χ0n) is 11.4. The fourth-order valence-corrected chi connectivity index (χ4v) is 5.02. The number of nitrogens with two attached hydrogens (primary N) is 1. The van der Waals surface area contributed by atoms with Gasteiger partial charge in [0.05, 0.1) is 11.2 Å². The van der Waals surface area contributed by atoms with Crippen LogP contribution in [0, 0.1) is 23.7 Å². The number of rotatable bonds is 2. The Bertz CT molecular complexity index is 680. The second kappa shape index (κ2) is 3.66. The van der Waals surface area contributed by atoms with E-state index in [0.29, 0.717) is 6.04 Å². The van der Waals surface area contributed by atoms with E-state index in [2.05, 4.69) is 22.4 Å². The smallest absolute Gasteiger partial charge is 0.0951 e. The first-order valence-corrected chi connectivity index (χ1v) is 7.72. The molecule has 2 aromatic rings. The monoisotopic (exact) mass is 265 g/mol. The molecule has 5 rings (SSSR count). The summed E-state index contributed by atoms with van der Waals surface area (Å²) in [7, 11) is 0. The number of fused-ring (bicyclic) bond motifs is 6. The summed E-state index contributed by atoms with van der Waals surface area (Å²) in [6.45, 7) is 0. The van der Waals surface area contributed by atoms with Crippen molar-refractivity contribution in [3.8, 4) is 0 Å². The highest BCUT2D eigenvalue weighted by Gasteiger charge is 2.65. The van der Waals surface area contributed by atoms with Crippen molar-refractivity contribution >= 4 is 22.3 Å². The molecule has 2 bridgehead atoms. The molecule has 20 heavy (non-hydrogen) atoms. The maximum absolute atomic E-state index is 6.03. The Labute approximate surface area is 118 Å². The number of aromatic nitrogens is 1. The molecule has 0 amide bonds. The fourth-order valence-electron chi connectivity index (χ4n) is 5.02. The van der Waals surface area contributed by atoms with Crippen LogP contribution >= 0.6 is 0 Å². The molecular formula is C17H19N3. The number of benzene rings is 1. The number of hydrogen-bond donors (Lipinski definition) is 2. The van der Waals surface area contributed by atoms with Gasteiger partial charge in [-0.2, -0.15) is 0 Å². The quantitative estimate of drug-likeness (QED) is 0.819. The molecule has 3 nitrogen and oxygen atoms in total. The average molecular weight is 265 g/mol. The van der Waals surface area contributed by atoms with Crippen LogP contribution in [0.1, 0.15) is 19.3 Å². The molecule has 4 atom stereocenters. The van der Waals surface area contributed by atoms with Crippen LogP contribution in [0.15, 0.2) is 30.5 Å². The molecule has 3 aliphatic carbocycles. The van der Waals surface area contributed by atoms with Crippen molar-refractivity contribution in [2.75, 3.05) is 11.1 Å². The first-order valence-electron chi connectivity index (χ1n) is 7.72. The fraction of sp³-hybridized carbons (Fsp3) is 0.471. The molecule has 3 saturated carbocycles. The van der Waals surface area contributed by atoms with Gasteiger partial charge in [0.15, 0.2) is 0 Å². The Kier molecular flexibility index (Phi) is 2.00. The van der Waals surface area contributed by atoms with E-state index >= 15 is 0 Å². The summed E-state index contributed by atoms with van der Waals surface area (Å²) in [6.07, 6.45) is 6.30. The number of anilines is 2. The third-order valence-electron chi connectivity index (χ3n) is 5.86. The highest BCUT2D eigenvalue weighted by Crippen LogP contribution is 2.66. The van der Waals surface area contributed by atoms with Crippen molar-refractivity contribution in [3.63, 3.8) is 0 Å². The molecule has 0 spiro atoms. The second-order valence-corrected chi connectivity index (χ2v) is 6.76. The molecule has 1 aromatic heterocycles. The van der Waals surface area contributed by atoms with Gasteiger partial charge in [-0.1, -0.05) is 12.1 Å². The third-order valence-corrected chi connectivity index (χ3v) is 5.86. The summed E-state index contributed by atoms with van der Waals surface area (Å²) in [6, 6.07) is 8.85. The summed E-state index contributed by atoms with van der Waals surface area (Å²) < 4.78 is 0. The van der Waals surface area contributed by atoms with Gasteiger partial charge < -0.3 is 11.1 Å². The largest absolute Gasteiger partial charge is 0.397 e. The van der Waals surface area contributed by atoms with E-state index in [9.17, 15) is 0 Å². The summed E-state index contributed by atoms with van der Waals surface area (Å²) in [5, 5.41) is 4.95. The number of nitrogen functional groups attached to an aromatic ring is 1. The molecule has 3 heteroatoms. The van der Waals surface area contributed by atoms with Crippen molar-refractivity contribution in [1.29, 1.82) is 0 Å². The Morgan fingerprint density at radius 2 is 1.90 bits per heavy atom. The van der Waals surface area contributed by atoms with Gasteiger partial charge in [-0.3, -0.25) is 4.98 Å². The maximum atomic E-state index is 6.03. The molecule has 0 aliphatic heterocycles. The van der Waals surface area contributed by atoms with Crippen LogP contribution in [0.25, 0.3) is 10.9 Å². The van der Waals surface area contributed by atoms with Crippen LogP contribution in [0.2, 0.25) is 0 Å². The Morgan fingerprint density at radius 3 is 2.70 bits per heavy atom. The van der Waals surface area contributed by atoms with E-state index in [-0.39, 0.29) is 0 Å². The molecule has 1 heterocycles. The normalized spacial score (nSPS) is 37.1. The van der Waals surface area contributed by atoms with E-state index in [1.165, 1.54) is 24.9 Å². The van der Waals surface area contributed by atoms with E-state index in [0.717, 1.165) is 40.3 Å². The lowest BCUT2D eigenvalue weighted by atomic mass is 10.0. The summed E-state index contributed by atoms with van der Waals surface area (Å²) in [5.74, 6) is 3.89. The number of hydrogen-bond acceptors (Lipinski definition) is 3. The molecular weight excluding hydrogens is 246 g/mol. The third kappa shape index (κ3) is 1.33. The van der Waals surface area contributed by atoms with Crippen LogP contribution < -0.4 is 11.1 Å². The van der Waals surface area contributed by atoms with Crippen molar-refractivity contribution in [3.05, 3.63) is 30.5 Å². The zero-order chi connectivity index (χ0) is 13.3. The number of nitrogens with one attached hydrogen (secondary N) is 1. The Hall–Kier alpha value is -1.77. The lowest BCUT2D eigenvalue weighted by molar-refractivity contribution is 0.456. The number of nitrogens with zero attached hydrogens (tertiary/aromatic N) is 1. The van der Waals surface area contributed by atoms with Crippen molar-refractivity contribution in [1.82, 2.24) is 4.98 Å². The predicted octanol–water partition coefficient (Wildman–Crippen LogP) is 3.27. The minimum absolute atomic E-state index is 0.702. The Balaban J connectivity index is 1.49. The van der Waals surface area contributed by atoms with E-state index < -0.39 is 0 Å². The lowest BCUT2D eigenvalue weighted by Gasteiger charge is -2.14. The van der Waals surface area contributed by atoms with Crippen LogP contribution in [-0.4, -0.2) is 11.0 Å². The Morgan fingerprint density at radius 1 is 1.10 bits per heavy atom. The van der Waals surface area contributed by atoms with Gasteiger partial charge >= 0.3 is 0 Å². The van der Waals surface area contributed by atoms with Gasteiger partial charge in [-0.05, 0) is 55.1 Å². The zero-order valence-corrected chi connectivity index (χ0v) is 11.4. The molecule has 1 aromatic carbocycles. The van der Waals surface area contributed by atoms with E-state index in [1.54, 1.807) is 0 Å². The lowest BCUT2D eigenvalue weighted by Crippen LogP contribution is -2.13. The van der Waals surface area contributed by atoms with Crippen molar-refractivity contribution < 1.29 is 0 Å². The SMILES string of the molecule is Nc1cccc2c(NC3C4C5CCC(C5)C34)ccnc12. The van der Waals surface area contributed by atoms with Crippen molar-refractivity contribution in [2.45, 2.75) is 25.3 Å². The standard InChI is InChI=1S/C17H19N3/c18-12-3-1-2-11-13(6-7-19-16(11)12)20-17-14-9-4-5-10(8-9)15(14)17/h1-3,6-7,9-10,14-15,17H,4-5,8,18H2,(H,19,20). The molecule has 3 aliphatic rings. The van der Waals surface area contributed by atoms with Gasteiger partial charge in [0.2, 0.25) is 0 Å². The van der Waals surface area contributed by atoms with Gasteiger partial charge in [0.25, 0.3) is 0 Å². The minimum Gasteiger partial charge on any atom is -0.397 e. The first-order chi connectivity index (χ1) is 9.83. The van der Waals surface area contributed by atoms with E-state index in [1.807, 2.05) is 18.3 Å². The predicted molar refractivity (Wildman–Crippen MR) is 81.4 cm³/mol. The molecule has 102 valence electrons. The topological polar surface area (TPSA) is 50.9 Å². The van der Waals surface area contributed by atoms with Gasteiger partial charge in [-0.25, -0.2) is 0 Å². The summed E-state index contributed by atoms with van der Waals surface area (Å²) in [4.78, 5) is 4.42. The highest BCUT2D eigenvalue weighted by molar-refractivity contribution is 5.97. The van der Waals surface area contributed by atoms with Gasteiger partial charge in [0, 0.05) is 23.3 Å². The molecule has 4 unspecified atom stereocenters. The highest BCUT2D eigenvalue weighted by atomic mass is 15.0. The van der Waals surface area contributed by atoms with Crippen LogP contribution in [0.4, 0.5) is 11.4 Å². The minimum atomic E-state index is 0.702. The first kappa shape index (κ1) is 11.0. The number of para-hydroxylation sites is 1. The van der Waals surface area contributed by atoms with Crippen LogP contribution in [0.3, 0.4) is 0 Å². The van der Waals surface area contributed by atoms with Gasteiger partial charge in [-0.15, -0.1) is 0 Å². The molecule has 0 saturated heterocycles. The second-order valence-electron chi connectivity index (χ2n) is 6.76. The maximum Gasteiger partial charge on any atom is 0.0951 e. The molecule has 3 N–H and O–H groups in total. The van der Waals surface area contributed by atoms with Gasteiger partial charge in [0.1, 0.15) is 0 Å². The molecule has 3 fully saturated rings. The molecule has 0 radical (unpaired) electrons. The number of pyridine rings is 1.